The average molecular weight is 314 g/mol. The molecule has 0 heterocycles. The zero-order valence-corrected chi connectivity index (χ0v) is 12.8. The second-order valence-corrected chi connectivity index (χ2v) is 7.65. The van der Waals surface area contributed by atoms with Gasteiger partial charge < -0.3 is 10.8 Å². The van der Waals surface area contributed by atoms with Crippen LogP contribution in [0.15, 0.2) is 29.2 Å². The molecule has 1 fully saturated rings. The highest BCUT2D eigenvalue weighted by atomic mass is 32.2. The number of rotatable bonds is 5. The van der Waals surface area contributed by atoms with E-state index in [-0.39, 0.29) is 21.9 Å². The van der Waals surface area contributed by atoms with Gasteiger partial charge in [-0.1, -0.05) is 24.4 Å². The standard InChI is InChI=1S/C13H18N2O3S2/c1-15(8-9-6-11(16)7-9)20(17,18)12-4-2-10(3-5-12)13(14)19/h2-5,9,11,16H,6-8H2,1H3,(H2,14,19). The Labute approximate surface area is 124 Å². The van der Waals surface area contributed by atoms with E-state index in [0.29, 0.717) is 24.9 Å². The predicted octanol–water partition coefficient (Wildman–Crippen LogP) is 0.712. The van der Waals surface area contributed by atoms with Crippen LogP contribution >= 0.6 is 12.2 Å². The summed E-state index contributed by atoms with van der Waals surface area (Å²) in [5, 5.41) is 9.24. The quantitative estimate of drug-likeness (QED) is 0.782. The molecule has 0 atom stereocenters. The molecule has 1 aliphatic rings. The van der Waals surface area contributed by atoms with Crippen LogP contribution in [0, 0.1) is 5.92 Å². The number of sulfonamides is 1. The molecule has 1 saturated carbocycles. The lowest BCUT2D eigenvalue weighted by Gasteiger charge is -2.34. The number of nitrogens with zero attached hydrogens (tertiary/aromatic N) is 1. The average Bonchev–Trinajstić information content (AvgIpc) is 2.36. The Morgan fingerprint density at radius 2 is 1.95 bits per heavy atom. The van der Waals surface area contributed by atoms with E-state index in [2.05, 4.69) is 0 Å². The van der Waals surface area contributed by atoms with Crippen molar-refractivity contribution in [1.82, 2.24) is 4.31 Å². The van der Waals surface area contributed by atoms with E-state index < -0.39 is 10.0 Å². The van der Waals surface area contributed by atoms with Crippen molar-refractivity contribution in [3.05, 3.63) is 29.8 Å². The summed E-state index contributed by atoms with van der Waals surface area (Å²) in [6, 6.07) is 6.23. The normalized spacial score (nSPS) is 22.6. The molecule has 20 heavy (non-hydrogen) atoms. The summed E-state index contributed by atoms with van der Waals surface area (Å²) in [7, 11) is -1.95. The molecule has 0 spiro atoms. The smallest absolute Gasteiger partial charge is 0.242 e. The highest BCUT2D eigenvalue weighted by Gasteiger charge is 2.31. The fourth-order valence-corrected chi connectivity index (χ4v) is 3.67. The van der Waals surface area contributed by atoms with Crippen LogP contribution in [0.1, 0.15) is 18.4 Å². The molecule has 0 radical (unpaired) electrons. The van der Waals surface area contributed by atoms with E-state index in [1.807, 2.05) is 0 Å². The third-order valence-corrected chi connectivity index (χ3v) is 5.65. The zero-order valence-electron chi connectivity index (χ0n) is 11.2. The van der Waals surface area contributed by atoms with Gasteiger partial charge in [0.05, 0.1) is 11.0 Å². The number of hydrogen-bond acceptors (Lipinski definition) is 4. The Balaban J connectivity index is 2.10. The minimum atomic E-state index is -3.50. The summed E-state index contributed by atoms with van der Waals surface area (Å²) in [6.07, 6.45) is 1.06. The van der Waals surface area contributed by atoms with Gasteiger partial charge in [0.2, 0.25) is 10.0 Å². The number of aliphatic hydroxyl groups excluding tert-OH is 1. The molecular weight excluding hydrogens is 296 g/mol. The van der Waals surface area contributed by atoms with Gasteiger partial charge in [0.1, 0.15) is 4.99 Å². The number of thiocarbonyl (C=S) groups is 1. The Morgan fingerprint density at radius 3 is 2.40 bits per heavy atom. The minimum Gasteiger partial charge on any atom is -0.393 e. The Bertz CT molecular complexity index is 593. The van der Waals surface area contributed by atoms with Crippen molar-refractivity contribution in [3.8, 4) is 0 Å². The number of benzene rings is 1. The Hall–Kier alpha value is -1.02. The lowest BCUT2D eigenvalue weighted by atomic mass is 9.82. The molecular formula is C13H18N2O3S2. The molecule has 110 valence electrons. The van der Waals surface area contributed by atoms with Gasteiger partial charge in [-0.15, -0.1) is 0 Å². The van der Waals surface area contributed by atoms with Gasteiger partial charge >= 0.3 is 0 Å². The molecule has 0 amide bonds. The lowest BCUT2D eigenvalue weighted by molar-refractivity contribution is 0.0367. The maximum Gasteiger partial charge on any atom is 0.242 e. The van der Waals surface area contributed by atoms with E-state index in [1.54, 1.807) is 19.2 Å². The maximum absolute atomic E-state index is 12.4. The summed E-state index contributed by atoms with van der Waals surface area (Å²) < 4.78 is 26.1. The molecule has 0 unspecified atom stereocenters. The first-order valence-corrected chi connectivity index (χ1v) is 8.20. The van der Waals surface area contributed by atoms with Crippen LogP contribution in [0.25, 0.3) is 0 Å². The van der Waals surface area contributed by atoms with Crippen LogP contribution < -0.4 is 5.73 Å². The highest BCUT2D eigenvalue weighted by molar-refractivity contribution is 7.89. The van der Waals surface area contributed by atoms with Crippen molar-refractivity contribution in [2.75, 3.05) is 13.6 Å². The topological polar surface area (TPSA) is 83.6 Å². The van der Waals surface area contributed by atoms with Crippen molar-refractivity contribution in [3.63, 3.8) is 0 Å². The summed E-state index contributed by atoms with van der Waals surface area (Å²) in [5.41, 5.74) is 6.13. The fourth-order valence-electron chi connectivity index (χ4n) is 2.28. The largest absolute Gasteiger partial charge is 0.393 e. The first kappa shape index (κ1) is 15.4. The van der Waals surface area contributed by atoms with Crippen molar-refractivity contribution in [2.45, 2.75) is 23.8 Å². The monoisotopic (exact) mass is 314 g/mol. The summed E-state index contributed by atoms with van der Waals surface area (Å²) >= 11 is 4.84. The molecule has 0 aromatic heterocycles. The van der Waals surface area contributed by atoms with Crippen molar-refractivity contribution < 1.29 is 13.5 Å². The second-order valence-electron chi connectivity index (χ2n) is 5.17. The van der Waals surface area contributed by atoms with Gasteiger partial charge in [-0.05, 0) is 30.9 Å². The van der Waals surface area contributed by atoms with E-state index in [1.165, 1.54) is 16.4 Å². The van der Waals surface area contributed by atoms with Gasteiger partial charge in [-0.3, -0.25) is 0 Å². The minimum absolute atomic E-state index is 0.222. The van der Waals surface area contributed by atoms with Gasteiger partial charge in [0.15, 0.2) is 0 Å². The number of aliphatic hydroxyl groups is 1. The molecule has 1 aromatic carbocycles. The molecule has 0 aliphatic heterocycles. The van der Waals surface area contributed by atoms with Gasteiger partial charge in [-0.2, -0.15) is 0 Å². The molecule has 1 aliphatic carbocycles. The SMILES string of the molecule is CN(CC1CC(O)C1)S(=O)(=O)c1ccc(C(N)=S)cc1. The summed E-state index contributed by atoms with van der Waals surface area (Å²) in [4.78, 5) is 0.464. The summed E-state index contributed by atoms with van der Waals surface area (Å²) in [5.74, 6) is 0.237. The fraction of sp³-hybridized carbons (Fsp3) is 0.462. The third-order valence-electron chi connectivity index (χ3n) is 3.57. The molecule has 5 nitrogen and oxygen atoms in total. The number of nitrogens with two attached hydrogens (primary N) is 1. The van der Waals surface area contributed by atoms with E-state index in [9.17, 15) is 13.5 Å². The van der Waals surface area contributed by atoms with Crippen molar-refractivity contribution >= 4 is 27.2 Å². The van der Waals surface area contributed by atoms with Crippen LogP contribution in [-0.2, 0) is 10.0 Å². The van der Waals surface area contributed by atoms with Crippen LogP contribution in [-0.4, -0.2) is 42.5 Å². The third kappa shape index (κ3) is 3.17. The molecule has 2 rings (SSSR count). The van der Waals surface area contributed by atoms with E-state index in [0.717, 1.165) is 0 Å². The van der Waals surface area contributed by atoms with Gasteiger partial charge in [0.25, 0.3) is 0 Å². The summed E-state index contributed by atoms with van der Waals surface area (Å²) in [6.45, 7) is 0.427. The molecule has 3 N–H and O–H groups in total. The number of hydrogen-bond donors (Lipinski definition) is 2. The molecule has 0 bridgehead atoms. The van der Waals surface area contributed by atoms with Crippen molar-refractivity contribution in [1.29, 1.82) is 0 Å². The predicted molar refractivity (Wildman–Crippen MR) is 80.9 cm³/mol. The second kappa shape index (κ2) is 5.77. The van der Waals surface area contributed by atoms with Crippen LogP contribution in [0.3, 0.4) is 0 Å². The molecule has 1 aromatic rings. The lowest BCUT2D eigenvalue weighted by Crippen LogP contribution is -2.39. The van der Waals surface area contributed by atoms with E-state index >= 15 is 0 Å². The van der Waals surface area contributed by atoms with Crippen LogP contribution in [0.4, 0.5) is 0 Å². The van der Waals surface area contributed by atoms with Crippen LogP contribution in [0.2, 0.25) is 0 Å². The molecule has 0 saturated heterocycles. The first-order chi connectivity index (χ1) is 9.30. The Morgan fingerprint density at radius 1 is 1.40 bits per heavy atom. The van der Waals surface area contributed by atoms with Crippen LogP contribution in [0.5, 0.6) is 0 Å². The highest BCUT2D eigenvalue weighted by Crippen LogP contribution is 2.29. The molecule has 7 heteroatoms. The Kier molecular flexibility index (Phi) is 4.43. The zero-order chi connectivity index (χ0) is 14.9. The first-order valence-electron chi connectivity index (χ1n) is 6.35. The van der Waals surface area contributed by atoms with E-state index in [4.69, 9.17) is 18.0 Å². The van der Waals surface area contributed by atoms with Gasteiger partial charge in [0, 0.05) is 19.2 Å². The van der Waals surface area contributed by atoms with Gasteiger partial charge in [-0.25, -0.2) is 12.7 Å². The van der Waals surface area contributed by atoms with Crippen molar-refractivity contribution in [2.24, 2.45) is 11.7 Å². The maximum atomic E-state index is 12.4.